The zero-order valence-electron chi connectivity index (χ0n) is 18.8. The second kappa shape index (κ2) is 10.6. The number of carboxylic acid groups (broad SMARTS) is 1. The number of methoxy groups -OCH3 is 1. The highest BCUT2D eigenvalue weighted by molar-refractivity contribution is 5.80. The predicted octanol–water partition coefficient (Wildman–Crippen LogP) is -0.853. The highest BCUT2D eigenvalue weighted by Gasteiger charge is 2.46. The van der Waals surface area contributed by atoms with Crippen molar-refractivity contribution in [2.45, 2.75) is 56.1 Å². The molecule has 1 unspecified atom stereocenters. The number of aliphatic hydroxyl groups is 4. The van der Waals surface area contributed by atoms with E-state index < -0.39 is 73.3 Å². The van der Waals surface area contributed by atoms with Gasteiger partial charge in [0.25, 0.3) is 0 Å². The van der Waals surface area contributed by atoms with E-state index in [1.807, 2.05) is 0 Å². The van der Waals surface area contributed by atoms with E-state index in [1.165, 1.54) is 31.4 Å². The van der Waals surface area contributed by atoms with Crippen LogP contribution in [-0.4, -0.2) is 87.5 Å². The summed E-state index contributed by atoms with van der Waals surface area (Å²) in [6.07, 6.45) is -9.40. The summed E-state index contributed by atoms with van der Waals surface area (Å²) >= 11 is 0. The Morgan fingerprint density at radius 2 is 1.77 bits per heavy atom. The standard InChI is InChI=1S/C22H26O13/c1-22(30,7-15(23)24)8-17(26)32-9-14-18(27)19(28)20(29)21(35-14)34-13-6-11-10(5-12(13)31-2)3-4-16(25)33-11/h3-6,14,18-21,27-30H,7-9H2,1-2H3,(H,23,24)/t14-,18-,19+,20-,21-,22?/m1/s1. The SMILES string of the molecule is COc1cc2ccc(=O)oc2cc1O[C@@H]1O[C@H](COC(=O)CC(C)(O)CC(=O)O)[C@@H](O)[C@H](O)[C@H]1O. The lowest BCUT2D eigenvalue weighted by atomic mass is 9.98. The monoisotopic (exact) mass is 498 g/mol. The van der Waals surface area contributed by atoms with Gasteiger partial charge in [-0.15, -0.1) is 0 Å². The van der Waals surface area contributed by atoms with E-state index in [9.17, 15) is 34.8 Å². The van der Waals surface area contributed by atoms with Gasteiger partial charge in [0.2, 0.25) is 6.29 Å². The topological polar surface area (TPSA) is 202 Å². The fourth-order valence-electron chi connectivity index (χ4n) is 3.53. The Hall–Kier alpha value is -3.23. The first-order valence-electron chi connectivity index (χ1n) is 10.5. The van der Waals surface area contributed by atoms with Crippen LogP contribution in [0, 0.1) is 0 Å². The lowest BCUT2D eigenvalue weighted by Crippen LogP contribution is -2.60. The summed E-state index contributed by atoms with van der Waals surface area (Å²) in [5, 5.41) is 50.1. The van der Waals surface area contributed by atoms with Crippen LogP contribution in [-0.2, 0) is 19.1 Å². The number of carboxylic acids is 1. The maximum absolute atomic E-state index is 12.0. The molecule has 6 atom stereocenters. The molecule has 0 bridgehead atoms. The van der Waals surface area contributed by atoms with Crippen LogP contribution in [0.5, 0.6) is 11.5 Å². The van der Waals surface area contributed by atoms with E-state index in [2.05, 4.69) is 0 Å². The Morgan fingerprint density at radius 3 is 2.43 bits per heavy atom. The predicted molar refractivity (Wildman–Crippen MR) is 115 cm³/mol. The van der Waals surface area contributed by atoms with Gasteiger partial charge < -0.3 is 48.9 Å². The first kappa shape index (κ1) is 26.4. The number of carbonyl (C=O) groups is 2. The van der Waals surface area contributed by atoms with Crippen molar-refractivity contribution in [3.8, 4) is 11.5 Å². The fraction of sp³-hybridized carbons (Fsp3) is 0.500. The number of benzene rings is 1. The molecule has 1 aliphatic rings. The fourth-order valence-corrected chi connectivity index (χ4v) is 3.53. The molecule has 1 aliphatic heterocycles. The van der Waals surface area contributed by atoms with E-state index in [-0.39, 0.29) is 17.1 Å². The number of aliphatic hydroxyl groups excluding tert-OH is 3. The summed E-state index contributed by atoms with van der Waals surface area (Å²) in [5.41, 5.74) is -2.32. The minimum atomic E-state index is -1.86. The third kappa shape index (κ3) is 6.46. The molecule has 0 saturated carbocycles. The quantitative estimate of drug-likeness (QED) is 0.211. The van der Waals surface area contributed by atoms with Crippen molar-refractivity contribution in [2.24, 2.45) is 0 Å². The Labute approximate surface area is 198 Å². The average Bonchev–Trinajstić information content (AvgIpc) is 2.76. The summed E-state index contributed by atoms with van der Waals surface area (Å²) in [5.74, 6) is -2.11. The number of rotatable bonds is 9. The van der Waals surface area contributed by atoms with Crippen molar-refractivity contribution in [3.05, 3.63) is 34.7 Å². The largest absolute Gasteiger partial charge is 0.493 e. The number of carbonyl (C=O) groups excluding carboxylic acids is 1. The minimum absolute atomic E-state index is 0.0116. The van der Waals surface area contributed by atoms with Gasteiger partial charge in [-0.25, -0.2) is 4.79 Å². The molecule has 1 fully saturated rings. The summed E-state index contributed by atoms with van der Waals surface area (Å²) in [6, 6.07) is 5.57. The van der Waals surface area contributed by atoms with Gasteiger partial charge in [0.1, 0.15) is 36.6 Å². The normalized spacial score (nSPS) is 26.1. The van der Waals surface area contributed by atoms with Gasteiger partial charge in [-0.2, -0.15) is 0 Å². The van der Waals surface area contributed by atoms with Gasteiger partial charge >= 0.3 is 17.6 Å². The van der Waals surface area contributed by atoms with Crippen LogP contribution in [0.1, 0.15) is 19.8 Å². The number of esters is 1. The van der Waals surface area contributed by atoms with Crippen LogP contribution in [0.25, 0.3) is 11.0 Å². The van der Waals surface area contributed by atoms with Crippen molar-refractivity contribution >= 4 is 22.9 Å². The highest BCUT2D eigenvalue weighted by Crippen LogP contribution is 2.34. The Bertz CT molecular complexity index is 1120. The van der Waals surface area contributed by atoms with Crippen molar-refractivity contribution in [1.29, 1.82) is 0 Å². The molecule has 1 saturated heterocycles. The van der Waals surface area contributed by atoms with Crippen LogP contribution in [0.4, 0.5) is 0 Å². The molecule has 0 amide bonds. The Morgan fingerprint density at radius 1 is 1.06 bits per heavy atom. The van der Waals surface area contributed by atoms with E-state index in [4.69, 9.17) is 28.5 Å². The minimum Gasteiger partial charge on any atom is -0.493 e. The molecule has 2 heterocycles. The second-order valence-corrected chi connectivity index (χ2v) is 8.36. The smallest absolute Gasteiger partial charge is 0.336 e. The highest BCUT2D eigenvalue weighted by atomic mass is 16.7. The maximum atomic E-state index is 12.0. The molecule has 1 aromatic carbocycles. The van der Waals surface area contributed by atoms with Gasteiger partial charge in [0.05, 0.1) is 25.6 Å². The summed E-state index contributed by atoms with van der Waals surface area (Å²) < 4.78 is 26.5. The van der Waals surface area contributed by atoms with Gasteiger partial charge in [0, 0.05) is 17.5 Å². The molecule has 0 aliphatic carbocycles. The average molecular weight is 498 g/mol. The molecular weight excluding hydrogens is 472 g/mol. The molecule has 192 valence electrons. The first-order valence-corrected chi connectivity index (χ1v) is 10.5. The molecule has 1 aromatic heterocycles. The van der Waals surface area contributed by atoms with Gasteiger partial charge in [-0.1, -0.05) is 0 Å². The molecule has 13 heteroatoms. The second-order valence-electron chi connectivity index (χ2n) is 8.36. The first-order chi connectivity index (χ1) is 16.4. The molecule has 0 radical (unpaired) electrons. The van der Waals surface area contributed by atoms with E-state index in [0.717, 1.165) is 6.92 Å². The molecule has 0 spiro atoms. The van der Waals surface area contributed by atoms with Gasteiger partial charge in [-0.05, 0) is 19.1 Å². The summed E-state index contributed by atoms with van der Waals surface area (Å²) in [7, 11) is 1.35. The molecular formula is C22H26O13. The van der Waals surface area contributed by atoms with Crippen LogP contribution in [0.2, 0.25) is 0 Å². The van der Waals surface area contributed by atoms with Crippen molar-refractivity contribution in [2.75, 3.05) is 13.7 Å². The van der Waals surface area contributed by atoms with Gasteiger partial charge in [-0.3, -0.25) is 9.59 Å². The molecule has 35 heavy (non-hydrogen) atoms. The summed E-state index contributed by atoms with van der Waals surface area (Å²) in [6.45, 7) is 0.549. The molecule has 2 aromatic rings. The molecule has 3 rings (SSSR count). The Kier molecular flexibility index (Phi) is 7.97. The Balaban J connectivity index is 1.73. The van der Waals surface area contributed by atoms with E-state index in [0.29, 0.717) is 5.39 Å². The maximum Gasteiger partial charge on any atom is 0.336 e. The van der Waals surface area contributed by atoms with Crippen LogP contribution in [0.15, 0.2) is 33.5 Å². The lowest BCUT2D eigenvalue weighted by molar-refractivity contribution is -0.278. The van der Waals surface area contributed by atoms with Crippen molar-refractivity contribution in [1.82, 2.24) is 0 Å². The number of aliphatic carboxylic acids is 1. The summed E-state index contributed by atoms with van der Waals surface area (Å²) in [4.78, 5) is 34.3. The van der Waals surface area contributed by atoms with E-state index in [1.54, 1.807) is 0 Å². The van der Waals surface area contributed by atoms with Crippen molar-refractivity contribution in [3.63, 3.8) is 0 Å². The van der Waals surface area contributed by atoms with Crippen molar-refractivity contribution < 1.29 is 58.5 Å². The zero-order valence-corrected chi connectivity index (χ0v) is 18.8. The lowest BCUT2D eigenvalue weighted by Gasteiger charge is -2.40. The number of hydrogen-bond acceptors (Lipinski definition) is 12. The van der Waals surface area contributed by atoms with Crippen LogP contribution < -0.4 is 15.1 Å². The zero-order chi connectivity index (χ0) is 25.9. The van der Waals surface area contributed by atoms with Gasteiger partial charge in [0.15, 0.2) is 11.5 Å². The molecule has 5 N–H and O–H groups in total. The molecule has 13 nitrogen and oxygen atoms in total. The van der Waals surface area contributed by atoms with Crippen LogP contribution in [0.3, 0.4) is 0 Å². The third-order valence-electron chi connectivity index (χ3n) is 5.28. The van der Waals surface area contributed by atoms with E-state index >= 15 is 0 Å². The van der Waals surface area contributed by atoms with Crippen LogP contribution >= 0.6 is 0 Å². The third-order valence-corrected chi connectivity index (χ3v) is 5.28. The number of hydrogen-bond donors (Lipinski definition) is 5. The number of ether oxygens (including phenoxy) is 4. The number of fused-ring (bicyclic) bond motifs is 1.